The van der Waals surface area contributed by atoms with Gasteiger partial charge in [0.05, 0.1) is 12.2 Å². The molecule has 1 rings (SSSR count). The van der Waals surface area contributed by atoms with E-state index in [9.17, 15) is 4.39 Å². The van der Waals surface area contributed by atoms with E-state index in [0.29, 0.717) is 17.7 Å². The van der Waals surface area contributed by atoms with Gasteiger partial charge in [0.1, 0.15) is 5.82 Å². The number of hydrogen-bond acceptors (Lipinski definition) is 2. The van der Waals surface area contributed by atoms with E-state index in [2.05, 4.69) is 11.8 Å². The quantitative estimate of drug-likeness (QED) is 0.501. The molecule has 0 fully saturated rings. The predicted molar refractivity (Wildman–Crippen MR) is 49.4 cm³/mol. The summed E-state index contributed by atoms with van der Waals surface area (Å²) in [5.74, 6) is 4.81. The first kappa shape index (κ1) is 9.56. The highest BCUT2D eigenvalue weighted by Gasteiger charge is 1.97. The topological polar surface area (TPSA) is 46.2 Å². The summed E-state index contributed by atoms with van der Waals surface area (Å²) in [6, 6.07) is 4.34. The zero-order valence-corrected chi connectivity index (χ0v) is 7.05. The largest absolute Gasteiger partial charge is 0.399 e. The lowest BCUT2D eigenvalue weighted by atomic mass is 10.2. The van der Waals surface area contributed by atoms with Gasteiger partial charge in [0.15, 0.2) is 0 Å². The van der Waals surface area contributed by atoms with Gasteiger partial charge in [-0.1, -0.05) is 11.8 Å². The fourth-order valence-electron chi connectivity index (χ4n) is 0.846. The molecule has 0 heterocycles. The molecule has 0 unspecified atom stereocenters. The highest BCUT2D eigenvalue weighted by atomic mass is 19.1. The SMILES string of the molecule is Nc1ccc(C#CCCO)c(F)c1. The van der Waals surface area contributed by atoms with Gasteiger partial charge < -0.3 is 10.8 Å². The predicted octanol–water partition coefficient (Wildman–Crippen LogP) is 1.14. The van der Waals surface area contributed by atoms with Crippen molar-refractivity contribution in [2.75, 3.05) is 12.3 Å². The maximum absolute atomic E-state index is 13.0. The molecular formula is C10H10FNO. The summed E-state index contributed by atoms with van der Waals surface area (Å²) in [6.07, 6.45) is 0.351. The molecule has 3 heteroatoms. The lowest BCUT2D eigenvalue weighted by Crippen LogP contribution is -1.89. The number of hydrogen-bond donors (Lipinski definition) is 2. The Kier molecular flexibility index (Phi) is 3.30. The van der Waals surface area contributed by atoms with E-state index in [0.717, 1.165) is 0 Å². The summed E-state index contributed by atoms with van der Waals surface area (Å²) in [5.41, 5.74) is 6.04. The molecule has 1 aromatic carbocycles. The first-order chi connectivity index (χ1) is 6.24. The van der Waals surface area contributed by atoms with Crippen molar-refractivity contribution in [3.8, 4) is 11.8 Å². The Morgan fingerprint density at radius 3 is 2.85 bits per heavy atom. The van der Waals surface area contributed by atoms with Gasteiger partial charge in [-0.3, -0.25) is 0 Å². The molecule has 0 atom stereocenters. The van der Waals surface area contributed by atoms with E-state index in [-0.39, 0.29) is 6.61 Å². The Bertz CT molecular complexity index is 352. The molecule has 0 bridgehead atoms. The van der Waals surface area contributed by atoms with Gasteiger partial charge >= 0.3 is 0 Å². The van der Waals surface area contributed by atoms with Crippen molar-refractivity contribution in [3.63, 3.8) is 0 Å². The van der Waals surface area contributed by atoms with Gasteiger partial charge in [0, 0.05) is 12.1 Å². The average molecular weight is 179 g/mol. The third-order valence-electron chi connectivity index (χ3n) is 1.45. The summed E-state index contributed by atoms with van der Waals surface area (Å²) in [5, 5.41) is 8.44. The molecule has 3 N–H and O–H groups in total. The summed E-state index contributed by atoms with van der Waals surface area (Å²) in [7, 11) is 0. The maximum atomic E-state index is 13.0. The van der Waals surface area contributed by atoms with Gasteiger partial charge in [0.25, 0.3) is 0 Å². The molecule has 0 aliphatic carbocycles. The summed E-state index contributed by atoms with van der Waals surface area (Å²) < 4.78 is 13.0. The Morgan fingerprint density at radius 2 is 2.23 bits per heavy atom. The standard InChI is InChI=1S/C10H10FNO/c11-10-7-9(12)5-4-8(10)3-1-2-6-13/h4-5,7,13H,2,6,12H2. The van der Waals surface area contributed by atoms with Crippen LogP contribution in [0, 0.1) is 17.7 Å². The van der Waals surface area contributed by atoms with Crippen molar-refractivity contribution in [1.82, 2.24) is 0 Å². The molecule has 0 radical (unpaired) electrons. The van der Waals surface area contributed by atoms with Crippen LogP contribution in [0.1, 0.15) is 12.0 Å². The monoisotopic (exact) mass is 179 g/mol. The fraction of sp³-hybridized carbons (Fsp3) is 0.200. The minimum Gasteiger partial charge on any atom is -0.399 e. The Labute approximate surface area is 76.2 Å². The summed E-state index contributed by atoms with van der Waals surface area (Å²) >= 11 is 0. The molecule has 68 valence electrons. The summed E-state index contributed by atoms with van der Waals surface area (Å²) in [6.45, 7) is -0.0103. The first-order valence-corrected chi connectivity index (χ1v) is 3.89. The number of halogens is 1. The highest BCUT2D eigenvalue weighted by Crippen LogP contribution is 2.10. The van der Waals surface area contributed by atoms with Crippen LogP contribution < -0.4 is 5.73 Å². The molecule has 13 heavy (non-hydrogen) atoms. The molecule has 1 aromatic rings. The summed E-state index contributed by atoms with van der Waals surface area (Å²) in [4.78, 5) is 0. The van der Waals surface area contributed by atoms with Crippen LogP contribution in [-0.2, 0) is 0 Å². The van der Waals surface area contributed by atoms with Crippen LogP contribution in [0.3, 0.4) is 0 Å². The van der Waals surface area contributed by atoms with Gasteiger partial charge in [0.2, 0.25) is 0 Å². The van der Waals surface area contributed by atoms with Crippen LogP contribution in [0.5, 0.6) is 0 Å². The van der Waals surface area contributed by atoms with Crippen LogP contribution in [0.15, 0.2) is 18.2 Å². The van der Waals surface area contributed by atoms with Crippen molar-refractivity contribution in [2.24, 2.45) is 0 Å². The first-order valence-electron chi connectivity index (χ1n) is 3.89. The van der Waals surface area contributed by atoms with Crippen LogP contribution in [0.25, 0.3) is 0 Å². The second-order valence-corrected chi connectivity index (χ2v) is 2.51. The van der Waals surface area contributed by atoms with E-state index in [1.54, 1.807) is 6.07 Å². The molecule has 0 aliphatic heterocycles. The average Bonchev–Trinajstić information content (AvgIpc) is 2.09. The number of rotatable bonds is 1. The van der Waals surface area contributed by atoms with Crippen molar-refractivity contribution >= 4 is 5.69 Å². The normalized spacial score (nSPS) is 9.08. The molecule has 0 saturated heterocycles. The molecule has 0 spiro atoms. The smallest absolute Gasteiger partial charge is 0.140 e. The third kappa shape index (κ3) is 2.77. The number of aliphatic hydroxyl groups is 1. The number of nitrogens with two attached hydrogens (primary N) is 1. The van der Waals surface area contributed by atoms with Crippen molar-refractivity contribution < 1.29 is 9.50 Å². The van der Waals surface area contributed by atoms with Gasteiger partial charge in [-0.25, -0.2) is 4.39 Å². The minimum absolute atomic E-state index is 0.0103. The second kappa shape index (κ2) is 4.48. The van der Waals surface area contributed by atoms with Gasteiger partial charge in [-0.05, 0) is 18.2 Å². The van der Waals surface area contributed by atoms with E-state index < -0.39 is 5.82 Å². The lowest BCUT2D eigenvalue weighted by Gasteiger charge is -1.95. The third-order valence-corrected chi connectivity index (χ3v) is 1.45. The molecule has 0 aromatic heterocycles. The molecule has 2 nitrogen and oxygen atoms in total. The van der Waals surface area contributed by atoms with Gasteiger partial charge in [-0.15, -0.1) is 0 Å². The maximum Gasteiger partial charge on any atom is 0.140 e. The minimum atomic E-state index is -0.426. The zero-order chi connectivity index (χ0) is 9.68. The second-order valence-electron chi connectivity index (χ2n) is 2.51. The molecule has 0 saturated carbocycles. The van der Waals surface area contributed by atoms with Crippen molar-refractivity contribution in [1.29, 1.82) is 0 Å². The van der Waals surface area contributed by atoms with Crippen molar-refractivity contribution in [3.05, 3.63) is 29.6 Å². The van der Waals surface area contributed by atoms with E-state index in [1.165, 1.54) is 12.1 Å². The van der Waals surface area contributed by atoms with Crippen LogP contribution in [-0.4, -0.2) is 11.7 Å². The molecular weight excluding hydrogens is 169 g/mol. The number of benzene rings is 1. The number of aliphatic hydroxyl groups excluding tert-OH is 1. The van der Waals surface area contributed by atoms with E-state index in [1.807, 2.05) is 0 Å². The Hall–Kier alpha value is -1.53. The lowest BCUT2D eigenvalue weighted by molar-refractivity contribution is 0.305. The Morgan fingerprint density at radius 1 is 1.46 bits per heavy atom. The highest BCUT2D eigenvalue weighted by molar-refractivity contribution is 5.45. The van der Waals surface area contributed by atoms with Crippen LogP contribution in [0.4, 0.5) is 10.1 Å². The molecule has 0 amide bonds. The molecule has 0 aliphatic rings. The van der Waals surface area contributed by atoms with Crippen molar-refractivity contribution in [2.45, 2.75) is 6.42 Å². The van der Waals surface area contributed by atoms with E-state index >= 15 is 0 Å². The van der Waals surface area contributed by atoms with Crippen LogP contribution >= 0.6 is 0 Å². The van der Waals surface area contributed by atoms with Crippen LogP contribution in [0.2, 0.25) is 0 Å². The van der Waals surface area contributed by atoms with Gasteiger partial charge in [-0.2, -0.15) is 0 Å². The fourth-order valence-corrected chi connectivity index (χ4v) is 0.846. The number of nitrogen functional groups attached to an aromatic ring is 1. The number of anilines is 1. The zero-order valence-electron chi connectivity index (χ0n) is 7.05. The Balaban J connectivity index is 2.85. The van der Waals surface area contributed by atoms with E-state index in [4.69, 9.17) is 10.8 Å².